The Balaban J connectivity index is 1.83. The third-order valence-corrected chi connectivity index (χ3v) is 5.25. The predicted molar refractivity (Wildman–Crippen MR) is 117 cm³/mol. The predicted octanol–water partition coefficient (Wildman–Crippen LogP) is 5.11. The average molecular weight is 416 g/mol. The summed E-state index contributed by atoms with van der Waals surface area (Å²) in [5.41, 5.74) is 4.11. The van der Waals surface area contributed by atoms with Crippen LogP contribution >= 0.6 is 0 Å². The first kappa shape index (κ1) is 20.3. The summed E-state index contributed by atoms with van der Waals surface area (Å²) in [6, 6.07) is 10.1. The van der Waals surface area contributed by atoms with Gasteiger partial charge in [-0.1, -0.05) is 12.1 Å². The molecule has 0 aliphatic heterocycles. The van der Waals surface area contributed by atoms with Crippen LogP contribution in [0.4, 0.5) is 10.2 Å². The first-order valence-corrected chi connectivity index (χ1v) is 9.77. The van der Waals surface area contributed by atoms with Gasteiger partial charge in [0.2, 0.25) is 0 Å². The van der Waals surface area contributed by atoms with Gasteiger partial charge in [0.25, 0.3) is 0 Å². The molecule has 3 heterocycles. The highest BCUT2D eigenvalue weighted by molar-refractivity contribution is 6.13. The zero-order chi connectivity index (χ0) is 22.3. The van der Waals surface area contributed by atoms with Crippen LogP contribution in [0.3, 0.4) is 0 Å². The van der Waals surface area contributed by atoms with Gasteiger partial charge in [-0.05, 0) is 45.4 Å². The second-order valence-electron chi connectivity index (χ2n) is 7.49. The van der Waals surface area contributed by atoms with Crippen molar-refractivity contribution in [2.45, 2.75) is 33.7 Å². The molecule has 4 aromatic rings. The number of aliphatic imine (C=N–C) groups is 1. The molecule has 0 unspecified atom stereocenters. The quantitative estimate of drug-likeness (QED) is 0.451. The first-order chi connectivity index (χ1) is 14.8. The van der Waals surface area contributed by atoms with Gasteiger partial charge in [0.1, 0.15) is 11.9 Å². The number of nitrogens with zero attached hydrogens (tertiary/aromatic N) is 5. The molecular formula is C23H21FN6O. The lowest BCUT2D eigenvalue weighted by Crippen LogP contribution is -2.06. The van der Waals surface area contributed by atoms with Crippen molar-refractivity contribution in [2.75, 3.05) is 0 Å². The minimum atomic E-state index is -0.414. The fourth-order valence-corrected chi connectivity index (χ4v) is 3.74. The van der Waals surface area contributed by atoms with E-state index in [1.165, 1.54) is 6.07 Å². The Bertz CT molecular complexity index is 1350. The van der Waals surface area contributed by atoms with Crippen LogP contribution in [0.15, 0.2) is 41.5 Å². The van der Waals surface area contributed by atoms with Crippen LogP contribution in [0.5, 0.6) is 5.88 Å². The van der Waals surface area contributed by atoms with E-state index in [9.17, 15) is 9.50 Å². The van der Waals surface area contributed by atoms with Crippen LogP contribution < -0.4 is 0 Å². The second kappa shape index (κ2) is 7.69. The molecule has 0 saturated carbocycles. The van der Waals surface area contributed by atoms with E-state index in [0.717, 1.165) is 11.3 Å². The highest BCUT2D eigenvalue weighted by Gasteiger charge is 2.18. The molecule has 1 atom stereocenters. The van der Waals surface area contributed by atoms with Crippen molar-refractivity contribution < 1.29 is 9.50 Å². The van der Waals surface area contributed by atoms with Gasteiger partial charge in [0, 0.05) is 22.7 Å². The smallest absolute Gasteiger partial charge is 0.198 e. The molecule has 0 fully saturated rings. The molecule has 1 aromatic carbocycles. The van der Waals surface area contributed by atoms with Crippen molar-refractivity contribution in [3.05, 3.63) is 59.2 Å². The molecule has 0 aliphatic carbocycles. The normalized spacial score (nSPS) is 12.8. The summed E-state index contributed by atoms with van der Waals surface area (Å²) in [5.74, 6) is 0.0262. The Hall–Kier alpha value is -3.99. The molecule has 7 nitrogen and oxygen atoms in total. The number of aromatic nitrogens is 4. The molecule has 0 bridgehead atoms. The third-order valence-electron chi connectivity index (χ3n) is 5.25. The number of nitrogens with one attached hydrogen (secondary N) is 1. The number of aryl methyl sites for hydroxylation is 2. The van der Waals surface area contributed by atoms with Crippen molar-refractivity contribution in [3.8, 4) is 23.2 Å². The minimum Gasteiger partial charge on any atom is -0.494 e. The summed E-state index contributed by atoms with van der Waals surface area (Å²) in [4.78, 5) is 11.8. The topological polar surface area (TPSA) is 103 Å². The molecule has 156 valence electrons. The number of fused-ring (bicyclic) bond motifs is 1. The number of hydrogen-bond acceptors (Lipinski definition) is 5. The average Bonchev–Trinajstić information content (AvgIpc) is 3.25. The maximum Gasteiger partial charge on any atom is 0.198 e. The lowest BCUT2D eigenvalue weighted by Gasteiger charge is -2.07. The molecule has 0 aliphatic rings. The van der Waals surface area contributed by atoms with E-state index in [-0.39, 0.29) is 11.7 Å². The maximum absolute atomic E-state index is 14.5. The van der Waals surface area contributed by atoms with E-state index < -0.39 is 6.04 Å². The van der Waals surface area contributed by atoms with Crippen LogP contribution in [0, 0.1) is 31.0 Å². The minimum absolute atomic E-state index is 0.0537. The number of H-pyrrole nitrogens is 1. The van der Waals surface area contributed by atoms with Crippen LogP contribution in [0.25, 0.3) is 22.2 Å². The van der Waals surface area contributed by atoms with Gasteiger partial charge in [0.05, 0.1) is 34.8 Å². The standard InChI is InChI=1S/C23H21FN6O/c1-12-6-5-7-17(24)21(12)18-9-16-19(11-26-18)28-23(31)22(16)15(4)27-20-8-13(2)30(29-20)14(3)10-25/h5-9,11,14,28,31H,1-4H3/t14-/m0/s1. The zero-order valence-corrected chi connectivity index (χ0v) is 17.6. The maximum atomic E-state index is 14.5. The highest BCUT2D eigenvalue weighted by Crippen LogP contribution is 2.33. The van der Waals surface area contributed by atoms with Gasteiger partial charge >= 0.3 is 0 Å². The van der Waals surface area contributed by atoms with Crippen molar-refractivity contribution in [1.29, 1.82) is 5.26 Å². The molecule has 0 radical (unpaired) electrons. The van der Waals surface area contributed by atoms with Gasteiger partial charge in [0.15, 0.2) is 11.7 Å². The van der Waals surface area contributed by atoms with E-state index in [1.54, 1.807) is 42.9 Å². The van der Waals surface area contributed by atoms with Gasteiger partial charge in [-0.25, -0.2) is 9.38 Å². The van der Waals surface area contributed by atoms with Gasteiger partial charge in [-0.2, -0.15) is 10.4 Å². The molecule has 0 saturated heterocycles. The second-order valence-corrected chi connectivity index (χ2v) is 7.49. The lowest BCUT2D eigenvalue weighted by atomic mass is 10.0. The molecule has 0 spiro atoms. The van der Waals surface area contributed by atoms with Crippen molar-refractivity contribution in [1.82, 2.24) is 19.7 Å². The summed E-state index contributed by atoms with van der Waals surface area (Å²) >= 11 is 0. The van der Waals surface area contributed by atoms with Crippen molar-refractivity contribution in [3.63, 3.8) is 0 Å². The van der Waals surface area contributed by atoms with E-state index in [1.807, 2.05) is 19.9 Å². The monoisotopic (exact) mass is 416 g/mol. The van der Waals surface area contributed by atoms with E-state index in [0.29, 0.717) is 39.3 Å². The number of benzene rings is 1. The number of nitriles is 1. The fourth-order valence-electron chi connectivity index (χ4n) is 3.74. The molecule has 2 N–H and O–H groups in total. The number of aromatic amines is 1. The first-order valence-electron chi connectivity index (χ1n) is 9.77. The third kappa shape index (κ3) is 3.55. The van der Waals surface area contributed by atoms with Crippen molar-refractivity contribution >= 4 is 22.4 Å². The van der Waals surface area contributed by atoms with Crippen LogP contribution in [0.1, 0.15) is 36.7 Å². The Morgan fingerprint density at radius 1 is 1.32 bits per heavy atom. The number of halogens is 1. The number of pyridine rings is 1. The molecule has 31 heavy (non-hydrogen) atoms. The van der Waals surface area contributed by atoms with Gasteiger partial charge < -0.3 is 10.1 Å². The molecule has 0 amide bonds. The van der Waals surface area contributed by atoms with Crippen molar-refractivity contribution in [2.24, 2.45) is 4.99 Å². The largest absolute Gasteiger partial charge is 0.494 e. The summed E-state index contributed by atoms with van der Waals surface area (Å²) in [6.45, 7) is 7.20. The Morgan fingerprint density at radius 2 is 2.10 bits per heavy atom. The summed E-state index contributed by atoms with van der Waals surface area (Å²) < 4.78 is 16.1. The van der Waals surface area contributed by atoms with Gasteiger partial charge in [-0.3, -0.25) is 9.67 Å². The van der Waals surface area contributed by atoms with Crippen LogP contribution in [-0.2, 0) is 0 Å². The Morgan fingerprint density at radius 3 is 2.81 bits per heavy atom. The lowest BCUT2D eigenvalue weighted by molar-refractivity contribution is 0.457. The summed E-state index contributed by atoms with van der Waals surface area (Å²) in [5, 5.41) is 24.7. The zero-order valence-electron chi connectivity index (χ0n) is 17.6. The fraction of sp³-hybridized carbons (Fsp3) is 0.217. The summed E-state index contributed by atoms with van der Waals surface area (Å²) in [7, 11) is 0. The van der Waals surface area contributed by atoms with E-state index in [4.69, 9.17) is 5.26 Å². The number of rotatable bonds is 4. The van der Waals surface area contributed by atoms with Crippen LogP contribution in [0.2, 0.25) is 0 Å². The number of hydrogen-bond donors (Lipinski definition) is 2. The number of aromatic hydroxyl groups is 1. The molecular weight excluding hydrogens is 395 g/mol. The highest BCUT2D eigenvalue weighted by atomic mass is 19.1. The van der Waals surface area contributed by atoms with Crippen LogP contribution in [-0.4, -0.2) is 30.6 Å². The van der Waals surface area contributed by atoms with E-state index in [2.05, 4.69) is 26.1 Å². The Labute approximate surface area is 178 Å². The summed E-state index contributed by atoms with van der Waals surface area (Å²) in [6.07, 6.45) is 1.57. The Kier molecular flexibility index (Phi) is 5.03. The molecule has 3 aromatic heterocycles. The van der Waals surface area contributed by atoms with Gasteiger partial charge in [-0.15, -0.1) is 0 Å². The SMILES string of the molecule is CC(=Nc1cc(C)n([C@@H](C)C#N)n1)c1c(O)[nH]c2cnc(-c3c(C)cccc3F)cc12. The van der Waals surface area contributed by atoms with E-state index >= 15 is 0 Å². The molecule has 4 rings (SSSR count). The molecule has 8 heteroatoms.